The second kappa shape index (κ2) is 25.5. The second-order valence-electron chi connectivity index (χ2n) is 8.64. The van der Waals surface area contributed by atoms with Crippen LogP contribution >= 0.6 is 0 Å². The molecule has 0 aliphatic rings. The Bertz CT molecular complexity index is 271. The van der Waals surface area contributed by atoms with Crippen LogP contribution in [0.25, 0.3) is 0 Å². The maximum Gasteiger partial charge on any atom is -0.0103 e. The van der Waals surface area contributed by atoms with Crippen LogP contribution in [0.4, 0.5) is 0 Å². The molecule has 2 N–H and O–H groups in total. The highest BCUT2D eigenvalue weighted by molar-refractivity contribution is 4.74. The summed E-state index contributed by atoms with van der Waals surface area (Å²) in [5, 5.41) is 0. The third-order valence-corrected chi connectivity index (χ3v) is 5.86. The van der Waals surface area contributed by atoms with Gasteiger partial charge in [-0.15, -0.1) is 0 Å². The molecule has 0 aliphatic carbocycles. The van der Waals surface area contributed by atoms with E-state index in [0.717, 1.165) is 6.42 Å². The molecule has 0 atom stereocenters. The largest absolute Gasteiger partial charge is 0.405 e. The molecule has 0 bridgehead atoms. The highest BCUT2D eigenvalue weighted by Crippen LogP contribution is 2.15. The van der Waals surface area contributed by atoms with Gasteiger partial charge in [0.1, 0.15) is 0 Å². The Hall–Kier alpha value is -0.460. The molecule has 0 aromatic carbocycles. The summed E-state index contributed by atoms with van der Waals surface area (Å²) in [6, 6.07) is 0. The van der Waals surface area contributed by atoms with E-state index in [1.165, 1.54) is 141 Å². The molecule has 162 valence electrons. The summed E-state index contributed by atoms with van der Waals surface area (Å²) in [6.45, 7) is 2.30. The first-order valence-corrected chi connectivity index (χ1v) is 12.8. The van der Waals surface area contributed by atoms with E-state index in [-0.39, 0.29) is 0 Å². The summed E-state index contributed by atoms with van der Waals surface area (Å²) < 4.78 is 0. The van der Waals surface area contributed by atoms with Gasteiger partial charge in [-0.3, -0.25) is 0 Å². The lowest BCUT2D eigenvalue weighted by molar-refractivity contribution is 0.519. The van der Waals surface area contributed by atoms with Gasteiger partial charge in [0.2, 0.25) is 0 Å². The highest BCUT2D eigenvalue weighted by atomic mass is 14.5. The first-order chi connectivity index (χ1) is 13.4. The van der Waals surface area contributed by atoms with Crippen molar-refractivity contribution < 1.29 is 0 Å². The van der Waals surface area contributed by atoms with Gasteiger partial charge in [-0.25, -0.2) is 0 Å². The Kier molecular flexibility index (Phi) is 25.1. The fraction of sp³-hybridized carbons (Fsp3) is 0.923. The third-order valence-electron chi connectivity index (χ3n) is 5.86. The van der Waals surface area contributed by atoms with E-state index in [1.54, 1.807) is 6.20 Å². The fourth-order valence-corrected chi connectivity index (χ4v) is 3.97. The molecule has 1 nitrogen and oxygen atoms in total. The van der Waals surface area contributed by atoms with E-state index in [9.17, 15) is 0 Å². The van der Waals surface area contributed by atoms with Crippen molar-refractivity contribution in [3.63, 3.8) is 0 Å². The van der Waals surface area contributed by atoms with Gasteiger partial charge in [-0.1, -0.05) is 148 Å². The molecule has 0 spiro atoms. The van der Waals surface area contributed by atoms with Gasteiger partial charge < -0.3 is 5.73 Å². The Balaban J connectivity index is 2.97. The Morgan fingerprint density at radius 1 is 0.407 bits per heavy atom. The molecule has 27 heavy (non-hydrogen) atoms. The molecule has 0 rings (SSSR count). The average Bonchev–Trinajstić information content (AvgIpc) is 2.68. The average molecular weight is 380 g/mol. The Morgan fingerprint density at radius 2 is 0.667 bits per heavy atom. The zero-order chi connectivity index (χ0) is 19.7. The smallest absolute Gasteiger partial charge is 0.0103 e. The van der Waals surface area contributed by atoms with Crippen LogP contribution in [-0.4, -0.2) is 0 Å². The maximum absolute atomic E-state index is 5.34. The van der Waals surface area contributed by atoms with Gasteiger partial charge in [-0.2, -0.15) is 0 Å². The van der Waals surface area contributed by atoms with Gasteiger partial charge in [0.25, 0.3) is 0 Å². The minimum atomic E-state index is 1.16. The molecular formula is C26H53N. The maximum atomic E-state index is 5.34. The molecule has 0 aromatic rings. The predicted molar refractivity (Wildman–Crippen MR) is 125 cm³/mol. The zero-order valence-corrected chi connectivity index (χ0v) is 19.0. The number of rotatable bonds is 23. The first-order valence-electron chi connectivity index (χ1n) is 12.8. The summed E-state index contributed by atoms with van der Waals surface area (Å²) in [6.07, 6.45) is 36.9. The van der Waals surface area contributed by atoms with E-state index in [4.69, 9.17) is 5.73 Å². The molecule has 0 fully saturated rings. The topological polar surface area (TPSA) is 26.0 Å². The molecule has 0 amide bonds. The molecule has 0 radical (unpaired) electrons. The second-order valence-corrected chi connectivity index (χ2v) is 8.64. The zero-order valence-electron chi connectivity index (χ0n) is 19.0. The lowest BCUT2D eigenvalue weighted by Crippen LogP contribution is -1.84. The van der Waals surface area contributed by atoms with Gasteiger partial charge in [0.05, 0.1) is 0 Å². The van der Waals surface area contributed by atoms with Crippen LogP contribution in [0, 0.1) is 0 Å². The van der Waals surface area contributed by atoms with E-state index < -0.39 is 0 Å². The summed E-state index contributed by atoms with van der Waals surface area (Å²) in [5.41, 5.74) is 5.34. The van der Waals surface area contributed by atoms with E-state index >= 15 is 0 Å². The van der Waals surface area contributed by atoms with Crippen LogP contribution < -0.4 is 5.73 Å². The van der Waals surface area contributed by atoms with Crippen LogP contribution in [0.3, 0.4) is 0 Å². The van der Waals surface area contributed by atoms with Crippen molar-refractivity contribution in [1.82, 2.24) is 0 Å². The number of unbranched alkanes of at least 4 members (excludes halogenated alkanes) is 22. The van der Waals surface area contributed by atoms with Crippen molar-refractivity contribution in [2.24, 2.45) is 5.73 Å². The normalized spacial score (nSPS) is 11.6. The molecule has 0 saturated heterocycles. The lowest BCUT2D eigenvalue weighted by Gasteiger charge is -2.04. The number of nitrogens with two attached hydrogens (primary N) is 1. The molecule has 0 unspecified atom stereocenters. The van der Waals surface area contributed by atoms with E-state index in [1.807, 2.05) is 0 Å². The first kappa shape index (κ1) is 26.5. The minimum Gasteiger partial charge on any atom is -0.405 e. The van der Waals surface area contributed by atoms with Crippen LogP contribution in [0.15, 0.2) is 12.3 Å². The van der Waals surface area contributed by atoms with Crippen molar-refractivity contribution in [1.29, 1.82) is 0 Å². The summed E-state index contributed by atoms with van der Waals surface area (Å²) in [5.74, 6) is 0. The van der Waals surface area contributed by atoms with Crippen LogP contribution in [-0.2, 0) is 0 Å². The standard InChI is InChI=1S/C26H53N/c1-2-3-4-5-6-7-8-9-10-11-12-13-14-15-16-17-18-19-20-21-22-23-24-25-26-27/h25-26H,2-24,27H2,1H3/b26-25+. The van der Waals surface area contributed by atoms with Crippen LogP contribution in [0.1, 0.15) is 155 Å². The minimum absolute atomic E-state index is 1.16. The lowest BCUT2D eigenvalue weighted by atomic mass is 10.0. The Labute approximate surface area is 173 Å². The van der Waals surface area contributed by atoms with Crippen molar-refractivity contribution in [2.45, 2.75) is 155 Å². The molecule has 0 aliphatic heterocycles. The van der Waals surface area contributed by atoms with Crippen LogP contribution in [0.5, 0.6) is 0 Å². The molecular weight excluding hydrogens is 326 g/mol. The van der Waals surface area contributed by atoms with Gasteiger partial charge in [-0.05, 0) is 19.0 Å². The van der Waals surface area contributed by atoms with Crippen molar-refractivity contribution in [2.75, 3.05) is 0 Å². The molecule has 0 heterocycles. The molecule has 0 aromatic heterocycles. The van der Waals surface area contributed by atoms with E-state index in [2.05, 4.69) is 13.0 Å². The predicted octanol–water partition coefficient (Wildman–Crippen LogP) is 9.45. The van der Waals surface area contributed by atoms with Crippen molar-refractivity contribution >= 4 is 0 Å². The number of hydrogen-bond donors (Lipinski definition) is 1. The number of hydrogen-bond acceptors (Lipinski definition) is 1. The summed E-state index contributed by atoms with van der Waals surface area (Å²) >= 11 is 0. The molecule has 0 saturated carbocycles. The number of allylic oxidation sites excluding steroid dienone is 1. The van der Waals surface area contributed by atoms with E-state index in [0.29, 0.717) is 0 Å². The van der Waals surface area contributed by atoms with Gasteiger partial charge >= 0.3 is 0 Å². The summed E-state index contributed by atoms with van der Waals surface area (Å²) in [4.78, 5) is 0. The third kappa shape index (κ3) is 25.5. The van der Waals surface area contributed by atoms with Crippen molar-refractivity contribution in [3.8, 4) is 0 Å². The van der Waals surface area contributed by atoms with Gasteiger partial charge in [0.15, 0.2) is 0 Å². The fourth-order valence-electron chi connectivity index (χ4n) is 3.97. The Morgan fingerprint density at radius 3 is 0.926 bits per heavy atom. The van der Waals surface area contributed by atoms with Crippen molar-refractivity contribution in [3.05, 3.63) is 12.3 Å². The SMILES string of the molecule is CCCCCCCCCCCCCCCCCCCCCCCC/C=C/N. The molecule has 1 heteroatoms. The highest BCUT2D eigenvalue weighted by Gasteiger charge is 1.95. The van der Waals surface area contributed by atoms with Gasteiger partial charge in [0, 0.05) is 0 Å². The summed E-state index contributed by atoms with van der Waals surface area (Å²) in [7, 11) is 0. The monoisotopic (exact) mass is 379 g/mol. The van der Waals surface area contributed by atoms with Crippen LogP contribution in [0.2, 0.25) is 0 Å². The quantitative estimate of drug-likeness (QED) is 0.176.